The van der Waals surface area contributed by atoms with Gasteiger partial charge in [-0.3, -0.25) is 9.55 Å². The Kier molecular flexibility index (Phi) is 3.23. The number of hydrogen-bond donors (Lipinski definition) is 0. The first-order valence-electron chi connectivity index (χ1n) is 6.16. The zero-order valence-electron chi connectivity index (χ0n) is 11.1. The molecule has 0 aliphatic heterocycles. The smallest absolute Gasteiger partial charge is 0.421 e. The van der Waals surface area contributed by atoms with E-state index in [0.717, 1.165) is 0 Å². The summed E-state index contributed by atoms with van der Waals surface area (Å²) in [5.41, 5.74) is 1.84. The Bertz CT molecular complexity index is 849. The van der Waals surface area contributed by atoms with Crippen molar-refractivity contribution in [1.29, 1.82) is 0 Å². The lowest BCUT2D eigenvalue weighted by atomic mass is 10.2. The topological polar surface area (TPSA) is 87.2 Å². The van der Waals surface area contributed by atoms with Crippen molar-refractivity contribution < 1.29 is 13.9 Å². The molecule has 0 N–H and O–H groups in total. The molecule has 0 atom stereocenters. The lowest BCUT2D eigenvalue weighted by molar-refractivity contribution is 0.0600. The number of ether oxygens (including phenoxy) is 1. The van der Waals surface area contributed by atoms with Gasteiger partial charge in [-0.1, -0.05) is 0 Å². The van der Waals surface area contributed by atoms with E-state index in [9.17, 15) is 9.59 Å². The average Bonchev–Trinajstić information content (AvgIpc) is 2.83. The molecule has 0 saturated heterocycles. The van der Waals surface area contributed by atoms with Crippen molar-refractivity contribution in [2.45, 2.75) is 6.54 Å². The molecule has 106 valence electrons. The van der Waals surface area contributed by atoms with Crippen LogP contribution in [0.5, 0.6) is 0 Å². The van der Waals surface area contributed by atoms with E-state index in [2.05, 4.69) is 14.7 Å². The van der Waals surface area contributed by atoms with Crippen molar-refractivity contribution in [3.05, 3.63) is 58.5 Å². The lowest BCUT2D eigenvalue weighted by Crippen LogP contribution is -2.16. The van der Waals surface area contributed by atoms with Crippen LogP contribution in [-0.4, -0.2) is 27.6 Å². The Morgan fingerprint density at radius 2 is 2.19 bits per heavy atom. The fraction of sp³-hybridized carbons (Fsp3) is 0.143. The Hall–Kier alpha value is -2.96. The summed E-state index contributed by atoms with van der Waals surface area (Å²) in [6.07, 6.45) is 2.99. The van der Waals surface area contributed by atoms with Gasteiger partial charge in [0.05, 0.1) is 24.9 Å². The van der Waals surface area contributed by atoms with Crippen molar-refractivity contribution in [2.75, 3.05) is 7.11 Å². The molecule has 0 bridgehead atoms. The molecule has 0 unspecified atom stereocenters. The maximum absolute atomic E-state index is 11.8. The third-order valence-electron chi connectivity index (χ3n) is 2.99. The molecular formula is C14H11N3O4. The molecule has 0 spiro atoms. The number of esters is 1. The second-order valence-corrected chi connectivity index (χ2v) is 4.31. The van der Waals surface area contributed by atoms with Crippen molar-refractivity contribution in [1.82, 2.24) is 14.5 Å². The van der Waals surface area contributed by atoms with Gasteiger partial charge in [0.2, 0.25) is 0 Å². The summed E-state index contributed by atoms with van der Waals surface area (Å²) < 4.78 is 11.1. The van der Waals surface area contributed by atoms with E-state index in [1.165, 1.54) is 17.9 Å². The van der Waals surface area contributed by atoms with Crippen LogP contribution in [0.3, 0.4) is 0 Å². The molecule has 3 aromatic rings. The van der Waals surface area contributed by atoms with Crippen molar-refractivity contribution in [2.24, 2.45) is 0 Å². The average molecular weight is 285 g/mol. The molecule has 7 nitrogen and oxygen atoms in total. The normalized spacial score (nSPS) is 10.7. The number of methoxy groups -OCH3 is 1. The van der Waals surface area contributed by atoms with Crippen LogP contribution >= 0.6 is 0 Å². The summed E-state index contributed by atoms with van der Waals surface area (Å²) in [4.78, 5) is 31.4. The van der Waals surface area contributed by atoms with Crippen LogP contribution in [-0.2, 0) is 11.3 Å². The van der Waals surface area contributed by atoms with Gasteiger partial charge in [0.25, 0.3) is 0 Å². The van der Waals surface area contributed by atoms with E-state index < -0.39 is 11.7 Å². The standard InChI is InChI=1S/C14H11N3O4/c1-20-13(18)9-4-5-10(16-7-9)8-17-12-11(21-14(17)19)3-2-6-15-12/h2-7H,8H2,1H3. The highest BCUT2D eigenvalue weighted by molar-refractivity contribution is 5.88. The van der Waals surface area contributed by atoms with E-state index >= 15 is 0 Å². The maximum atomic E-state index is 11.8. The molecule has 0 aromatic carbocycles. The zero-order chi connectivity index (χ0) is 14.8. The summed E-state index contributed by atoms with van der Waals surface area (Å²) in [6.45, 7) is 0.213. The van der Waals surface area contributed by atoms with E-state index in [1.807, 2.05) is 0 Å². The molecule has 7 heteroatoms. The fourth-order valence-electron chi connectivity index (χ4n) is 1.96. The molecule has 0 fully saturated rings. The Labute approximate surface area is 118 Å². The lowest BCUT2D eigenvalue weighted by Gasteiger charge is -2.03. The first kappa shape index (κ1) is 13.0. The second-order valence-electron chi connectivity index (χ2n) is 4.31. The largest absolute Gasteiger partial charge is 0.465 e. The molecule has 0 radical (unpaired) electrons. The summed E-state index contributed by atoms with van der Waals surface area (Å²) in [7, 11) is 1.30. The van der Waals surface area contributed by atoms with Crippen molar-refractivity contribution in [3.63, 3.8) is 0 Å². The minimum Gasteiger partial charge on any atom is -0.465 e. The van der Waals surface area contributed by atoms with Gasteiger partial charge in [0, 0.05) is 12.4 Å². The van der Waals surface area contributed by atoms with Gasteiger partial charge >= 0.3 is 11.7 Å². The summed E-state index contributed by atoms with van der Waals surface area (Å²) >= 11 is 0. The third kappa shape index (κ3) is 2.40. The minimum absolute atomic E-state index is 0.213. The van der Waals surface area contributed by atoms with Crippen molar-refractivity contribution in [3.8, 4) is 0 Å². The first-order chi connectivity index (χ1) is 10.2. The molecule has 21 heavy (non-hydrogen) atoms. The Balaban J connectivity index is 1.94. The van der Waals surface area contributed by atoms with Gasteiger partial charge in [-0.15, -0.1) is 0 Å². The molecular weight excluding hydrogens is 274 g/mol. The number of rotatable bonds is 3. The number of oxazole rings is 1. The number of aromatic nitrogens is 3. The SMILES string of the molecule is COC(=O)c1ccc(Cn2c(=O)oc3cccnc32)nc1. The van der Waals surface area contributed by atoms with Gasteiger partial charge in [-0.2, -0.15) is 0 Å². The molecule has 3 rings (SSSR count). The van der Waals surface area contributed by atoms with Crippen LogP contribution in [0.15, 0.2) is 45.9 Å². The maximum Gasteiger partial charge on any atom is 0.421 e. The first-order valence-corrected chi connectivity index (χ1v) is 6.16. The van der Waals surface area contributed by atoms with Gasteiger partial charge in [-0.25, -0.2) is 14.6 Å². The molecule has 3 aromatic heterocycles. The molecule has 3 heterocycles. The number of carbonyl (C=O) groups excluding carboxylic acids is 1. The van der Waals surface area contributed by atoms with Gasteiger partial charge < -0.3 is 9.15 Å². The molecule has 0 aliphatic rings. The predicted molar refractivity (Wildman–Crippen MR) is 72.9 cm³/mol. The number of hydrogen-bond acceptors (Lipinski definition) is 6. The summed E-state index contributed by atoms with van der Waals surface area (Å²) in [6, 6.07) is 6.61. The van der Waals surface area contributed by atoms with Crippen LogP contribution in [0.2, 0.25) is 0 Å². The minimum atomic E-state index is -0.498. The highest BCUT2D eigenvalue weighted by atomic mass is 16.5. The monoisotopic (exact) mass is 285 g/mol. The number of pyridine rings is 2. The van der Waals surface area contributed by atoms with Crippen molar-refractivity contribution >= 4 is 17.2 Å². The number of nitrogens with zero attached hydrogens (tertiary/aromatic N) is 3. The Morgan fingerprint density at radius 3 is 2.90 bits per heavy atom. The van der Waals surface area contributed by atoms with Crippen LogP contribution in [0, 0.1) is 0 Å². The molecule has 0 saturated carbocycles. The van der Waals surface area contributed by atoms with E-state index in [-0.39, 0.29) is 6.54 Å². The molecule has 0 amide bonds. The van der Waals surface area contributed by atoms with E-state index in [4.69, 9.17) is 4.42 Å². The summed E-state index contributed by atoms with van der Waals surface area (Å²) in [5, 5.41) is 0. The molecule has 0 aliphatic carbocycles. The highest BCUT2D eigenvalue weighted by Gasteiger charge is 2.11. The zero-order valence-corrected chi connectivity index (χ0v) is 11.1. The Morgan fingerprint density at radius 1 is 1.33 bits per heavy atom. The van der Waals surface area contributed by atoms with Crippen LogP contribution in [0.1, 0.15) is 16.1 Å². The fourth-order valence-corrected chi connectivity index (χ4v) is 1.96. The van der Waals surface area contributed by atoms with Crippen LogP contribution in [0.4, 0.5) is 0 Å². The number of carbonyl (C=O) groups is 1. The van der Waals surface area contributed by atoms with E-state index in [1.54, 1.807) is 30.5 Å². The third-order valence-corrected chi connectivity index (χ3v) is 2.99. The van der Waals surface area contributed by atoms with Gasteiger partial charge in [0.15, 0.2) is 11.2 Å². The van der Waals surface area contributed by atoms with Crippen LogP contribution in [0.25, 0.3) is 11.2 Å². The van der Waals surface area contributed by atoms with Crippen LogP contribution < -0.4 is 5.76 Å². The van der Waals surface area contributed by atoms with Gasteiger partial charge in [0.1, 0.15) is 0 Å². The van der Waals surface area contributed by atoms with E-state index in [0.29, 0.717) is 22.5 Å². The summed E-state index contributed by atoms with van der Waals surface area (Å²) in [5.74, 6) is -0.954. The predicted octanol–water partition coefficient (Wildman–Crippen LogP) is 1.22. The number of fused-ring (bicyclic) bond motifs is 1. The van der Waals surface area contributed by atoms with Gasteiger partial charge in [-0.05, 0) is 24.3 Å². The quantitative estimate of drug-likeness (QED) is 0.672. The second kappa shape index (κ2) is 5.20. The highest BCUT2D eigenvalue weighted by Crippen LogP contribution is 2.10.